The van der Waals surface area contributed by atoms with Crippen LogP contribution < -0.4 is 9.47 Å². The molecule has 1 amide bonds. The first kappa shape index (κ1) is 18.1. The summed E-state index contributed by atoms with van der Waals surface area (Å²) in [4.78, 5) is 14.3. The van der Waals surface area contributed by atoms with Gasteiger partial charge in [-0.25, -0.2) is 0 Å². The van der Waals surface area contributed by atoms with Crippen molar-refractivity contribution in [2.45, 2.75) is 12.7 Å². The number of hydrogen-bond acceptors (Lipinski definition) is 4. The van der Waals surface area contributed by atoms with Crippen LogP contribution in [0.4, 0.5) is 8.78 Å². The molecule has 2 aromatic carbocycles. The lowest BCUT2D eigenvalue weighted by atomic mass is 10.1. The average molecular weight is 363 g/mol. The summed E-state index contributed by atoms with van der Waals surface area (Å²) in [5.41, 5.74) is 0.299. The largest absolute Gasteiger partial charge is 0.491 e. The third-order valence-corrected chi connectivity index (χ3v) is 3.91. The zero-order valence-corrected chi connectivity index (χ0v) is 14.0. The van der Waals surface area contributed by atoms with Crippen molar-refractivity contribution < 1.29 is 27.8 Å². The number of benzene rings is 2. The van der Waals surface area contributed by atoms with Gasteiger partial charge in [0, 0.05) is 12.1 Å². The molecule has 1 fully saturated rings. The van der Waals surface area contributed by atoms with Crippen molar-refractivity contribution in [1.82, 2.24) is 4.90 Å². The quantitative estimate of drug-likeness (QED) is 0.791. The normalized spacial score (nSPS) is 17.2. The van der Waals surface area contributed by atoms with Gasteiger partial charge in [0.05, 0.1) is 13.2 Å². The Morgan fingerprint density at radius 3 is 2.69 bits per heavy atom. The van der Waals surface area contributed by atoms with Crippen molar-refractivity contribution in [2.75, 3.05) is 26.3 Å². The van der Waals surface area contributed by atoms with Crippen LogP contribution in [0.25, 0.3) is 0 Å². The van der Waals surface area contributed by atoms with Gasteiger partial charge in [0.1, 0.15) is 24.2 Å². The van der Waals surface area contributed by atoms with E-state index in [1.165, 1.54) is 18.2 Å². The summed E-state index contributed by atoms with van der Waals surface area (Å²) in [6.45, 7) is -1.42. The molecular weight excluding hydrogens is 344 g/mol. The molecule has 1 saturated heterocycles. The highest BCUT2D eigenvalue weighted by Crippen LogP contribution is 2.19. The van der Waals surface area contributed by atoms with E-state index in [1.54, 1.807) is 11.0 Å². The SMILES string of the molecule is O=C(c1cccc(OC(F)F)c1)N1CCOC(COc2ccccc2)C1. The van der Waals surface area contributed by atoms with Gasteiger partial charge in [-0.05, 0) is 30.3 Å². The number of amides is 1. The fourth-order valence-electron chi connectivity index (χ4n) is 2.70. The molecule has 0 aromatic heterocycles. The Labute approximate surface area is 150 Å². The Kier molecular flexibility index (Phi) is 6.01. The van der Waals surface area contributed by atoms with E-state index in [4.69, 9.17) is 9.47 Å². The standard InChI is InChI=1S/C19H19F2NO4/c20-19(21)26-16-8-4-5-14(11-16)18(23)22-9-10-24-17(12-22)13-25-15-6-2-1-3-7-15/h1-8,11,17,19H,9-10,12-13H2. The molecule has 0 N–H and O–H groups in total. The van der Waals surface area contributed by atoms with Crippen molar-refractivity contribution in [2.24, 2.45) is 0 Å². The molecule has 7 heteroatoms. The topological polar surface area (TPSA) is 48.0 Å². The van der Waals surface area contributed by atoms with Crippen LogP contribution >= 0.6 is 0 Å². The molecule has 5 nitrogen and oxygen atoms in total. The predicted octanol–water partition coefficient (Wildman–Crippen LogP) is 3.21. The third-order valence-electron chi connectivity index (χ3n) is 3.91. The Morgan fingerprint density at radius 2 is 1.92 bits per heavy atom. The van der Waals surface area contributed by atoms with Gasteiger partial charge in [-0.1, -0.05) is 24.3 Å². The summed E-state index contributed by atoms with van der Waals surface area (Å²) in [7, 11) is 0. The summed E-state index contributed by atoms with van der Waals surface area (Å²) in [6, 6.07) is 15.1. The van der Waals surface area contributed by atoms with Gasteiger partial charge in [-0.2, -0.15) is 8.78 Å². The molecule has 2 aromatic rings. The number of nitrogens with zero attached hydrogens (tertiary/aromatic N) is 1. The maximum atomic E-state index is 12.6. The Morgan fingerprint density at radius 1 is 1.15 bits per heavy atom. The third kappa shape index (κ3) is 4.92. The van der Waals surface area contributed by atoms with Crippen molar-refractivity contribution in [1.29, 1.82) is 0 Å². The van der Waals surface area contributed by atoms with Crippen LogP contribution in [0.3, 0.4) is 0 Å². The Balaban J connectivity index is 1.59. The van der Waals surface area contributed by atoms with Crippen molar-refractivity contribution in [3.63, 3.8) is 0 Å². The average Bonchev–Trinajstić information content (AvgIpc) is 2.66. The molecule has 1 atom stereocenters. The first-order valence-electron chi connectivity index (χ1n) is 8.25. The smallest absolute Gasteiger partial charge is 0.387 e. The predicted molar refractivity (Wildman–Crippen MR) is 90.7 cm³/mol. The number of halogens is 2. The number of para-hydroxylation sites is 1. The van der Waals surface area contributed by atoms with Crippen molar-refractivity contribution in [3.8, 4) is 11.5 Å². The molecule has 138 valence electrons. The van der Waals surface area contributed by atoms with Crippen LogP contribution in [0.1, 0.15) is 10.4 Å². The highest BCUT2D eigenvalue weighted by molar-refractivity contribution is 5.94. The van der Waals surface area contributed by atoms with Gasteiger partial charge in [0.2, 0.25) is 0 Å². The van der Waals surface area contributed by atoms with Gasteiger partial charge in [-0.15, -0.1) is 0 Å². The molecule has 1 unspecified atom stereocenters. The molecule has 0 spiro atoms. The maximum Gasteiger partial charge on any atom is 0.387 e. The maximum absolute atomic E-state index is 12.6. The molecule has 1 aliphatic heterocycles. The van der Waals surface area contributed by atoms with Gasteiger partial charge >= 0.3 is 6.61 Å². The highest BCUT2D eigenvalue weighted by Gasteiger charge is 2.26. The van der Waals surface area contributed by atoms with Crippen LogP contribution in [-0.2, 0) is 4.74 Å². The summed E-state index contributed by atoms with van der Waals surface area (Å²) < 4.78 is 40.3. The minimum Gasteiger partial charge on any atom is -0.491 e. The van der Waals surface area contributed by atoms with E-state index >= 15 is 0 Å². The molecular formula is C19H19F2NO4. The number of ether oxygens (including phenoxy) is 3. The van der Waals surface area contributed by atoms with E-state index in [9.17, 15) is 13.6 Å². The number of carbonyl (C=O) groups excluding carboxylic acids is 1. The van der Waals surface area contributed by atoms with E-state index in [0.717, 1.165) is 5.75 Å². The second kappa shape index (κ2) is 8.62. The van der Waals surface area contributed by atoms with E-state index in [0.29, 0.717) is 31.9 Å². The molecule has 0 radical (unpaired) electrons. The highest BCUT2D eigenvalue weighted by atomic mass is 19.3. The van der Waals surface area contributed by atoms with Crippen LogP contribution in [0, 0.1) is 0 Å². The van der Waals surface area contributed by atoms with E-state index in [1.807, 2.05) is 30.3 Å². The number of alkyl halides is 2. The number of rotatable bonds is 6. The molecule has 0 saturated carbocycles. The second-order valence-electron chi connectivity index (χ2n) is 5.77. The summed E-state index contributed by atoms with van der Waals surface area (Å²) >= 11 is 0. The fourth-order valence-corrected chi connectivity index (χ4v) is 2.70. The minimum atomic E-state index is -2.93. The zero-order chi connectivity index (χ0) is 18.4. The van der Waals surface area contributed by atoms with Crippen molar-refractivity contribution in [3.05, 3.63) is 60.2 Å². The molecule has 26 heavy (non-hydrogen) atoms. The first-order valence-corrected chi connectivity index (χ1v) is 8.25. The lowest BCUT2D eigenvalue weighted by molar-refractivity contribution is -0.0500. The van der Waals surface area contributed by atoms with Gasteiger partial charge in [0.25, 0.3) is 5.91 Å². The molecule has 0 bridgehead atoms. The minimum absolute atomic E-state index is 0.0388. The van der Waals surface area contributed by atoms with Gasteiger partial charge in [-0.3, -0.25) is 4.79 Å². The number of hydrogen-bond donors (Lipinski definition) is 0. The first-order chi connectivity index (χ1) is 12.6. The van der Waals surface area contributed by atoms with Crippen LogP contribution in [0.15, 0.2) is 54.6 Å². The van der Waals surface area contributed by atoms with Gasteiger partial charge in [0.15, 0.2) is 0 Å². The van der Waals surface area contributed by atoms with E-state index in [-0.39, 0.29) is 17.8 Å². The molecule has 0 aliphatic carbocycles. The van der Waals surface area contributed by atoms with Crippen LogP contribution in [0.2, 0.25) is 0 Å². The van der Waals surface area contributed by atoms with Crippen LogP contribution in [-0.4, -0.2) is 49.8 Å². The van der Waals surface area contributed by atoms with E-state index < -0.39 is 6.61 Å². The number of morpholine rings is 1. The van der Waals surface area contributed by atoms with Gasteiger partial charge < -0.3 is 19.1 Å². The molecule has 3 rings (SSSR count). The summed E-state index contributed by atoms with van der Waals surface area (Å²) in [5.74, 6) is 0.442. The zero-order valence-electron chi connectivity index (χ0n) is 14.0. The molecule has 1 aliphatic rings. The Bertz CT molecular complexity index is 726. The summed E-state index contributed by atoms with van der Waals surface area (Å²) in [5, 5.41) is 0. The van der Waals surface area contributed by atoms with E-state index in [2.05, 4.69) is 4.74 Å². The number of carbonyl (C=O) groups is 1. The second-order valence-corrected chi connectivity index (χ2v) is 5.77. The van der Waals surface area contributed by atoms with Crippen LogP contribution in [0.5, 0.6) is 11.5 Å². The lowest BCUT2D eigenvalue weighted by Crippen LogP contribution is -2.47. The van der Waals surface area contributed by atoms with Crippen molar-refractivity contribution >= 4 is 5.91 Å². The monoisotopic (exact) mass is 363 g/mol. The lowest BCUT2D eigenvalue weighted by Gasteiger charge is -2.33. The molecule has 1 heterocycles. The summed E-state index contributed by atoms with van der Waals surface area (Å²) in [6.07, 6.45) is -0.256. The fraction of sp³-hybridized carbons (Fsp3) is 0.316. The Hall–Kier alpha value is -2.67.